The van der Waals surface area contributed by atoms with Crippen LogP contribution >= 0.6 is 12.2 Å². The zero-order chi connectivity index (χ0) is 18.4. The van der Waals surface area contributed by atoms with Gasteiger partial charge >= 0.3 is 0 Å². The molecule has 134 valence electrons. The summed E-state index contributed by atoms with van der Waals surface area (Å²) in [7, 11) is 0. The zero-order valence-electron chi connectivity index (χ0n) is 15.4. The van der Waals surface area contributed by atoms with E-state index in [0.29, 0.717) is 10.7 Å². The average Bonchev–Trinajstić information content (AvgIpc) is 3.06. The maximum atomic E-state index is 5.62. The fourth-order valence-corrected chi connectivity index (χ4v) is 3.78. The summed E-state index contributed by atoms with van der Waals surface area (Å²) in [6.45, 7) is 8.86. The molecule has 0 saturated heterocycles. The standard InChI is InChI=1S/C21H22N2O2S/c1-12(2)14-5-7-15(8-6-14)20-16-9-18-19(25-11-24-18)10-17(16)23(13(3)4)21(26)22-20/h5-10,12-13H,11H2,1-4H3. The third-order valence-electron chi connectivity index (χ3n) is 4.79. The van der Waals surface area contributed by atoms with E-state index in [4.69, 9.17) is 26.7 Å². The van der Waals surface area contributed by atoms with Crippen molar-refractivity contribution in [2.75, 3.05) is 6.79 Å². The van der Waals surface area contributed by atoms with Gasteiger partial charge in [0.05, 0.1) is 11.2 Å². The fourth-order valence-electron chi connectivity index (χ4n) is 3.38. The van der Waals surface area contributed by atoms with Crippen LogP contribution in [0.15, 0.2) is 36.4 Å². The van der Waals surface area contributed by atoms with E-state index in [9.17, 15) is 0 Å². The first-order valence-electron chi connectivity index (χ1n) is 8.92. The average molecular weight is 366 g/mol. The lowest BCUT2D eigenvalue weighted by atomic mass is 9.99. The van der Waals surface area contributed by atoms with Crippen LogP contribution in [-0.2, 0) is 0 Å². The Kier molecular flexibility index (Phi) is 4.19. The lowest BCUT2D eigenvalue weighted by Gasteiger charge is -2.18. The molecule has 0 amide bonds. The number of aromatic nitrogens is 2. The van der Waals surface area contributed by atoms with Gasteiger partial charge in [-0.05, 0) is 43.6 Å². The van der Waals surface area contributed by atoms with Gasteiger partial charge in [-0.25, -0.2) is 4.98 Å². The molecule has 1 aliphatic heterocycles. The van der Waals surface area contributed by atoms with Gasteiger partial charge in [0, 0.05) is 23.1 Å². The number of rotatable bonds is 3. The van der Waals surface area contributed by atoms with E-state index in [1.165, 1.54) is 5.56 Å². The van der Waals surface area contributed by atoms with Crippen molar-refractivity contribution in [3.8, 4) is 22.8 Å². The summed E-state index contributed by atoms with van der Waals surface area (Å²) < 4.78 is 13.8. The van der Waals surface area contributed by atoms with Gasteiger partial charge in [-0.1, -0.05) is 38.1 Å². The van der Waals surface area contributed by atoms with Gasteiger partial charge in [-0.15, -0.1) is 0 Å². The highest BCUT2D eigenvalue weighted by molar-refractivity contribution is 7.71. The first kappa shape index (κ1) is 17.0. The summed E-state index contributed by atoms with van der Waals surface area (Å²) in [5.74, 6) is 2.01. The lowest BCUT2D eigenvalue weighted by Crippen LogP contribution is -2.08. The second-order valence-electron chi connectivity index (χ2n) is 7.21. The van der Waals surface area contributed by atoms with Gasteiger partial charge in [-0.3, -0.25) is 0 Å². The molecule has 0 fully saturated rings. The van der Waals surface area contributed by atoms with Crippen molar-refractivity contribution in [2.24, 2.45) is 0 Å². The number of ether oxygens (including phenoxy) is 2. The summed E-state index contributed by atoms with van der Waals surface area (Å²) in [6.07, 6.45) is 0. The van der Waals surface area contributed by atoms with E-state index in [2.05, 4.69) is 56.5 Å². The molecule has 0 aliphatic carbocycles. The largest absolute Gasteiger partial charge is 0.454 e. The Morgan fingerprint density at radius 3 is 2.27 bits per heavy atom. The van der Waals surface area contributed by atoms with Gasteiger partial charge in [0.1, 0.15) is 0 Å². The predicted molar refractivity (Wildman–Crippen MR) is 107 cm³/mol. The molecule has 0 unspecified atom stereocenters. The molecule has 2 aromatic carbocycles. The molecule has 2 heterocycles. The molecular formula is C21H22N2O2S. The monoisotopic (exact) mass is 366 g/mol. The number of nitrogens with zero attached hydrogens (tertiary/aromatic N) is 2. The third-order valence-corrected chi connectivity index (χ3v) is 5.07. The van der Waals surface area contributed by atoms with Crippen LogP contribution in [0.1, 0.15) is 45.2 Å². The molecule has 4 nitrogen and oxygen atoms in total. The Hall–Kier alpha value is -2.40. The summed E-state index contributed by atoms with van der Waals surface area (Å²) in [5, 5.41) is 1.02. The van der Waals surface area contributed by atoms with Gasteiger partial charge < -0.3 is 14.0 Å². The Morgan fingerprint density at radius 1 is 1.00 bits per heavy atom. The quantitative estimate of drug-likeness (QED) is 0.544. The summed E-state index contributed by atoms with van der Waals surface area (Å²) in [5.41, 5.74) is 4.27. The molecule has 5 heteroatoms. The molecule has 1 aromatic heterocycles. The van der Waals surface area contributed by atoms with E-state index in [1.807, 2.05) is 12.1 Å². The Balaban J connectivity index is 2.00. The Bertz CT molecular complexity index is 1040. The maximum absolute atomic E-state index is 5.62. The molecule has 1 aliphatic rings. The van der Waals surface area contributed by atoms with Crippen molar-refractivity contribution in [2.45, 2.75) is 39.7 Å². The van der Waals surface area contributed by atoms with Crippen LogP contribution in [-0.4, -0.2) is 16.3 Å². The molecule has 0 radical (unpaired) electrons. The molecular weight excluding hydrogens is 344 g/mol. The van der Waals surface area contributed by atoms with E-state index in [1.54, 1.807) is 0 Å². The second kappa shape index (κ2) is 6.40. The van der Waals surface area contributed by atoms with E-state index >= 15 is 0 Å². The number of hydrogen-bond acceptors (Lipinski definition) is 4. The zero-order valence-corrected chi connectivity index (χ0v) is 16.3. The molecule has 4 rings (SSSR count). The number of benzene rings is 2. The van der Waals surface area contributed by atoms with Crippen molar-refractivity contribution >= 4 is 23.1 Å². The number of hydrogen-bond donors (Lipinski definition) is 0. The van der Waals surface area contributed by atoms with Crippen LogP contribution in [0.2, 0.25) is 0 Å². The minimum absolute atomic E-state index is 0.204. The van der Waals surface area contributed by atoms with Crippen molar-refractivity contribution in [1.82, 2.24) is 9.55 Å². The van der Waals surface area contributed by atoms with Crippen molar-refractivity contribution in [3.63, 3.8) is 0 Å². The van der Waals surface area contributed by atoms with E-state index in [0.717, 1.165) is 33.7 Å². The van der Waals surface area contributed by atoms with Gasteiger partial charge in [0.2, 0.25) is 11.6 Å². The van der Waals surface area contributed by atoms with Crippen LogP contribution < -0.4 is 9.47 Å². The van der Waals surface area contributed by atoms with Gasteiger partial charge in [0.15, 0.2) is 11.5 Å². The lowest BCUT2D eigenvalue weighted by molar-refractivity contribution is 0.174. The molecule has 0 atom stereocenters. The third kappa shape index (κ3) is 2.76. The predicted octanol–water partition coefficient (Wildman–Crippen LogP) is 5.87. The topological polar surface area (TPSA) is 36.3 Å². The Morgan fingerprint density at radius 2 is 1.65 bits per heavy atom. The normalized spacial score (nSPS) is 13.2. The van der Waals surface area contributed by atoms with Crippen molar-refractivity contribution in [3.05, 3.63) is 46.7 Å². The number of fused-ring (bicyclic) bond motifs is 2. The molecule has 3 aromatic rings. The molecule has 0 spiro atoms. The van der Waals surface area contributed by atoms with Crippen LogP contribution in [0.5, 0.6) is 11.5 Å². The highest BCUT2D eigenvalue weighted by atomic mass is 32.1. The maximum Gasteiger partial charge on any atom is 0.231 e. The smallest absolute Gasteiger partial charge is 0.231 e. The second-order valence-corrected chi connectivity index (χ2v) is 7.57. The highest BCUT2D eigenvalue weighted by Crippen LogP contribution is 2.39. The van der Waals surface area contributed by atoms with Crippen molar-refractivity contribution in [1.29, 1.82) is 0 Å². The van der Waals surface area contributed by atoms with E-state index < -0.39 is 0 Å². The fraction of sp³-hybridized carbons (Fsp3) is 0.333. The Labute approximate surface area is 158 Å². The van der Waals surface area contributed by atoms with E-state index in [-0.39, 0.29) is 12.8 Å². The highest BCUT2D eigenvalue weighted by Gasteiger charge is 2.20. The van der Waals surface area contributed by atoms with Gasteiger partial charge in [0.25, 0.3) is 0 Å². The molecule has 0 bridgehead atoms. The summed E-state index contributed by atoms with van der Waals surface area (Å²) >= 11 is 5.62. The van der Waals surface area contributed by atoms with Gasteiger partial charge in [-0.2, -0.15) is 0 Å². The first-order chi connectivity index (χ1) is 12.5. The summed E-state index contributed by atoms with van der Waals surface area (Å²) in [6, 6.07) is 12.8. The SMILES string of the molecule is CC(C)c1ccc(-c2nc(=S)n(C(C)C)c3cc4c(cc23)OCO4)cc1. The van der Waals surface area contributed by atoms with Crippen LogP contribution in [0.3, 0.4) is 0 Å². The molecule has 26 heavy (non-hydrogen) atoms. The minimum Gasteiger partial charge on any atom is -0.454 e. The van der Waals surface area contributed by atoms with Crippen molar-refractivity contribution < 1.29 is 9.47 Å². The molecule has 0 saturated carbocycles. The molecule has 0 N–H and O–H groups in total. The summed E-state index contributed by atoms with van der Waals surface area (Å²) in [4.78, 5) is 4.77. The van der Waals surface area contributed by atoms with Crippen LogP contribution in [0.4, 0.5) is 0 Å². The van der Waals surface area contributed by atoms with Crippen LogP contribution in [0.25, 0.3) is 22.2 Å². The first-order valence-corrected chi connectivity index (χ1v) is 9.32. The minimum atomic E-state index is 0.204. The van der Waals surface area contributed by atoms with Crippen LogP contribution in [0, 0.1) is 4.77 Å².